The predicted molar refractivity (Wildman–Crippen MR) is 77.2 cm³/mol. The Morgan fingerprint density at radius 3 is 2.95 bits per heavy atom. The van der Waals surface area contributed by atoms with Gasteiger partial charge in [-0.25, -0.2) is 0 Å². The molecule has 3 rings (SSSR count). The van der Waals surface area contributed by atoms with Crippen molar-refractivity contribution in [3.63, 3.8) is 0 Å². The average Bonchev–Trinajstić information content (AvgIpc) is 2.85. The van der Waals surface area contributed by atoms with Crippen molar-refractivity contribution in [2.24, 2.45) is 0 Å². The molecule has 96 valence electrons. The number of nitrogens with zero attached hydrogens (tertiary/aromatic N) is 1. The van der Waals surface area contributed by atoms with E-state index in [4.69, 9.17) is 0 Å². The van der Waals surface area contributed by atoms with Crippen molar-refractivity contribution < 1.29 is 0 Å². The Bertz CT molecular complexity index is 742. The van der Waals surface area contributed by atoms with Gasteiger partial charge in [0.1, 0.15) is 0 Å². The van der Waals surface area contributed by atoms with E-state index >= 15 is 0 Å². The minimum atomic E-state index is -0.0105. The highest BCUT2D eigenvalue weighted by atomic mass is 32.1. The first kappa shape index (κ1) is 12.1. The maximum Gasteiger partial charge on any atom is 0.304 e. The van der Waals surface area contributed by atoms with E-state index in [1.807, 2.05) is 23.7 Å². The normalized spacial score (nSPS) is 10.9. The van der Waals surface area contributed by atoms with Crippen LogP contribution in [-0.4, -0.2) is 9.97 Å². The van der Waals surface area contributed by atoms with Crippen LogP contribution in [0.2, 0.25) is 0 Å². The molecular formula is C14H13N3OS. The van der Waals surface area contributed by atoms with Crippen LogP contribution in [0.1, 0.15) is 11.3 Å². The fraction of sp³-hybridized carbons (Fsp3) is 0.143. The van der Waals surface area contributed by atoms with Gasteiger partial charge >= 0.3 is 4.87 Å². The molecule has 0 fully saturated rings. The van der Waals surface area contributed by atoms with Gasteiger partial charge in [0.2, 0.25) is 0 Å². The Morgan fingerprint density at radius 1 is 1.21 bits per heavy atom. The summed E-state index contributed by atoms with van der Waals surface area (Å²) in [5, 5.41) is 6.31. The number of rotatable bonds is 4. The topological polar surface area (TPSA) is 57.8 Å². The van der Waals surface area contributed by atoms with Crippen LogP contribution in [0.25, 0.3) is 10.9 Å². The third kappa shape index (κ3) is 2.72. The second kappa shape index (κ2) is 5.34. The molecule has 4 nitrogen and oxygen atoms in total. The van der Waals surface area contributed by atoms with Crippen molar-refractivity contribution in [2.75, 3.05) is 0 Å². The summed E-state index contributed by atoms with van der Waals surface area (Å²) in [7, 11) is 0. The van der Waals surface area contributed by atoms with Crippen LogP contribution in [0, 0.1) is 0 Å². The largest absolute Gasteiger partial charge is 0.315 e. The zero-order valence-electron chi connectivity index (χ0n) is 10.2. The minimum Gasteiger partial charge on any atom is -0.315 e. The molecule has 2 N–H and O–H groups in total. The number of benzene rings is 1. The van der Waals surface area contributed by atoms with Crippen LogP contribution in [-0.2, 0) is 13.1 Å². The van der Waals surface area contributed by atoms with Gasteiger partial charge < -0.3 is 10.3 Å². The number of hydrogen-bond donors (Lipinski definition) is 2. The number of nitrogens with one attached hydrogen (secondary N) is 2. The summed E-state index contributed by atoms with van der Waals surface area (Å²) in [6.07, 6.45) is 1.81. The summed E-state index contributed by atoms with van der Waals surface area (Å²) in [6, 6.07) is 10.2. The van der Waals surface area contributed by atoms with Crippen molar-refractivity contribution in [3.05, 3.63) is 62.8 Å². The maximum absolute atomic E-state index is 11.0. The molecule has 1 aromatic carbocycles. The molecule has 19 heavy (non-hydrogen) atoms. The monoisotopic (exact) mass is 271 g/mol. The van der Waals surface area contributed by atoms with Gasteiger partial charge in [-0.15, -0.1) is 0 Å². The standard InChI is InChI=1S/C14H13N3OS/c18-14-17-12(9-19-14)8-15-7-11-4-1-3-10-5-2-6-16-13(10)11/h1-6,9,15H,7-8H2,(H,17,18). The van der Waals surface area contributed by atoms with E-state index in [1.165, 1.54) is 11.3 Å². The number of para-hydroxylation sites is 1. The summed E-state index contributed by atoms with van der Waals surface area (Å²) in [5.41, 5.74) is 3.11. The number of H-pyrrole nitrogens is 1. The van der Waals surface area contributed by atoms with Crippen molar-refractivity contribution >= 4 is 22.2 Å². The van der Waals surface area contributed by atoms with Crippen LogP contribution >= 0.6 is 11.3 Å². The number of thiazole rings is 1. The molecule has 0 aliphatic heterocycles. The molecular weight excluding hydrogens is 258 g/mol. The van der Waals surface area contributed by atoms with E-state index in [9.17, 15) is 4.79 Å². The zero-order valence-corrected chi connectivity index (χ0v) is 11.0. The molecule has 3 aromatic rings. The van der Waals surface area contributed by atoms with Crippen LogP contribution in [0.15, 0.2) is 46.7 Å². The van der Waals surface area contributed by atoms with Crippen LogP contribution in [0.5, 0.6) is 0 Å². The Morgan fingerprint density at radius 2 is 2.11 bits per heavy atom. The number of aromatic amines is 1. The van der Waals surface area contributed by atoms with Gasteiger partial charge in [-0.1, -0.05) is 35.6 Å². The van der Waals surface area contributed by atoms with E-state index in [2.05, 4.69) is 33.5 Å². The molecule has 0 unspecified atom stereocenters. The lowest BCUT2D eigenvalue weighted by molar-refractivity contribution is 0.684. The van der Waals surface area contributed by atoms with Gasteiger partial charge in [-0.2, -0.15) is 0 Å². The van der Waals surface area contributed by atoms with Gasteiger partial charge in [0.25, 0.3) is 0 Å². The average molecular weight is 271 g/mol. The second-order valence-electron chi connectivity index (χ2n) is 4.27. The van der Waals surface area contributed by atoms with Gasteiger partial charge in [0.15, 0.2) is 0 Å². The van der Waals surface area contributed by atoms with E-state index in [1.54, 1.807) is 0 Å². The summed E-state index contributed by atoms with van der Waals surface area (Å²) in [4.78, 5) is 18.2. The number of hydrogen-bond acceptors (Lipinski definition) is 4. The molecule has 0 saturated carbocycles. The molecule has 5 heteroatoms. The first-order valence-corrected chi connectivity index (χ1v) is 6.91. The lowest BCUT2D eigenvalue weighted by Gasteiger charge is -2.06. The predicted octanol–water partition coefficient (Wildman–Crippen LogP) is 2.27. The van der Waals surface area contributed by atoms with Gasteiger partial charge in [0, 0.05) is 35.7 Å². The summed E-state index contributed by atoms with van der Waals surface area (Å²) < 4.78 is 0. The van der Waals surface area contributed by atoms with E-state index < -0.39 is 0 Å². The molecule has 2 aromatic heterocycles. The Hall–Kier alpha value is -1.98. The Balaban J connectivity index is 1.73. The molecule has 0 aliphatic rings. The third-order valence-electron chi connectivity index (χ3n) is 2.92. The molecule has 0 atom stereocenters. The highest BCUT2D eigenvalue weighted by Crippen LogP contribution is 2.15. The number of aromatic nitrogens is 2. The van der Waals surface area contributed by atoms with Crippen LogP contribution in [0.4, 0.5) is 0 Å². The van der Waals surface area contributed by atoms with Gasteiger partial charge in [-0.05, 0) is 11.6 Å². The van der Waals surface area contributed by atoms with Crippen LogP contribution in [0.3, 0.4) is 0 Å². The summed E-state index contributed by atoms with van der Waals surface area (Å²) >= 11 is 1.19. The van der Waals surface area contributed by atoms with Crippen molar-refractivity contribution in [1.29, 1.82) is 0 Å². The molecule has 0 aliphatic carbocycles. The lowest BCUT2D eigenvalue weighted by Crippen LogP contribution is -2.14. The molecule has 0 spiro atoms. The summed E-state index contributed by atoms with van der Waals surface area (Å²) in [6.45, 7) is 1.38. The molecule has 0 bridgehead atoms. The first-order valence-electron chi connectivity index (χ1n) is 6.03. The zero-order chi connectivity index (χ0) is 13.1. The van der Waals surface area contributed by atoms with Gasteiger partial charge in [-0.3, -0.25) is 9.78 Å². The Kier molecular flexibility index (Phi) is 3.39. The quantitative estimate of drug-likeness (QED) is 0.765. The van der Waals surface area contributed by atoms with Crippen molar-refractivity contribution in [2.45, 2.75) is 13.1 Å². The van der Waals surface area contributed by atoms with E-state index in [0.717, 1.165) is 28.7 Å². The molecule has 0 radical (unpaired) electrons. The molecule has 2 heterocycles. The SMILES string of the molecule is O=c1[nH]c(CNCc2cccc3cccnc23)cs1. The van der Waals surface area contributed by atoms with E-state index in [-0.39, 0.29) is 4.87 Å². The molecule has 0 saturated heterocycles. The first-order chi connectivity index (χ1) is 9.33. The second-order valence-corrected chi connectivity index (χ2v) is 5.11. The van der Waals surface area contributed by atoms with Gasteiger partial charge in [0.05, 0.1) is 5.52 Å². The molecule has 0 amide bonds. The number of fused-ring (bicyclic) bond motifs is 1. The highest BCUT2D eigenvalue weighted by molar-refractivity contribution is 7.07. The van der Waals surface area contributed by atoms with Crippen molar-refractivity contribution in [3.8, 4) is 0 Å². The van der Waals surface area contributed by atoms with Crippen molar-refractivity contribution in [1.82, 2.24) is 15.3 Å². The minimum absolute atomic E-state index is 0.0105. The maximum atomic E-state index is 11.0. The third-order valence-corrected chi connectivity index (χ3v) is 3.64. The van der Waals surface area contributed by atoms with E-state index in [0.29, 0.717) is 6.54 Å². The lowest BCUT2D eigenvalue weighted by atomic mass is 10.1. The smallest absolute Gasteiger partial charge is 0.304 e. The highest BCUT2D eigenvalue weighted by Gasteiger charge is 2.02. The summed E-state index contributed by atoms with van der Waals surface area (Å²) in [5.74, 6) is 0. The fourth-order valence-electron chi connectivity index (χ4n) is 2.04. The number of pyridine rings is 1. The van der Waals surface area contributed by atoms with Crippen LogP contribution < -0.4 is 10.2 Å². The Labute approximate surface area is 114 Å². The fourth-order valence-corrected chi connectivity index (χ4v) is 2.62.